The van der Waals surface area contributed by atoms with E-state index in [1.54, 1.807) is 0 Å². The topological polar surface area (TPSA) is 32.8 Å². The van der Waals surface area contributed by atoms with E-state index < -0.39 is 0 Å². The Labute approximate surface area is 127 Å². The number of carbonyl (C=O) groups excluding carboxylic acids is 1. The van der Waals surface area contributed by atoms with Crippen LogP contribution in [0.15, 0.2) is 0 Å². The monoisotopic (exact) mass is 300 g/mol. The van der Waals surface area contributed by atoms with Crippen LogP contribution < -0.4 is 0 Å². The average molecular weight is 300 g/mol. The molecule has 0 N–H and O–H groups in total. The van der Waals surface area contributed by atoms with Crippen LogP contribution in [0.25, 0.3) is 0 Å². The first-order chi connectivity index (χ1) is 9.52. The molecule has 1 amide bonds. The van der Waals surface area contributed by atoms with E-state index in [1.165, 1.54) is 5.75 Å². The minimum absolute atomic E-state index is 0.140. The van der Waals surface area contributed by atoms with Crippen molar-refractivity contribution in [3.63, 3.8) is 0 Å². The third kappa shape index (κ3) is 4.37. The van der Waals surface area contributed by atoms with Gasteiger partial charge in [-0.2, -0.15) is 11.8 Å². The van der Waals surface area contributed by atoms with E-state index in [2.05, 4.69) is 29.9 Å². The second kappa shape index (κ2) is 7.14. The molecule has 20 heavy (non-hydrogen) atoms. The Balaban J connectivity index is 1.79. The fourth-order valence-corrected chi connectivity index (χ4v) is 3.55. The molecule has 0 aromatic heterocycles. The summed E-state index contributed by atoms with van der Waals surface area (Å²) in [6.07, 6.45) is 3.89. The average Bonchev–Trinajstić information content (AvgIpc) is 2.44. The maximum atomic E-state index is 12.6. The van der Waals surface area contributed by atoms with Crippen molar-refractivity contribution in [3.8, 4) is 0 Å². The number of hydrogen-bond acceptors (Lipinski definition) is 4. The number of piperazine rings is 1. The predicted molar refractivity (Wildman–Crippen MR) is 84.2 cm³/mol. The van der Waals surface area contributed by atoms with Gasteiger partial charge in [0.05, 0.1) is 5.60 Å². The summed E-state index contributed by atoms with van der Waals surface area (Å²) in [4.78, 5) is 17.1. The molecule has 0 aliphatic carbocycles. The summed E-state index contributed by atoms with van der Waals surface area (Å²) in [6, 6.07) is 0. The molecule has 0 aromatic rings. The lowest BCUT2D eigenvalue weighted by Crippen LogP contribution is -2.52. The van der Waals surface area contributed by atoms with Crippen LogP contribution in [0.2, 0.25) is 0 Å². The zero-order chi connectivity index (χ0) is 14.6. The molecule has 2 saturated heterocycles. The third-order valence-corrected chi connectivity index (χ3v) is 4.93. The summed E-state index contributed by atoms with van der Waals surface area (Å²) in [6.45, 7) is 9.89. The summed E-state index contributed by atoms with van der Waals surface area (Å²) in [7, 11) is 0. The highest BCUT2D eigenvalue weighted by molar-refractivity contribution is 7.98. The molecule has 1 atom stereocenters. The minimum atomic E-state index is -0.140. The van der Waals surface area contributed by atoms with Gasteiger partial charge in [-0.15, -0.1) is 0 Å². The molecule has 0 aromatic carbocycles. The van der Waals surface area contributed by atoms with Crippen LogP contribution in [0.3, 0.4) is 0 Å². The van der Waals surface area contributed by atoms with Crippen molar-refractivity contribution in [1.29, 1.82) is 0 Å². The number of ether oxygens (including phenoxy) is 1. The second-order valence-corrected chi connectivity index (χ2v) is 7.44. The summed E-state index contributed by atoms with van der Waals surface area (Å²) in [5.41, 5.74) is -0.140. The van der Waals surface area contributed by atoms with E-state index in [0.717, 1.165) is 52.2 Å². The number of thioether (sulfide) groups is 1. The fraction of sp³-hybridized carbons (Fsp3) is 0.933. The summed E-state index contributed by atoms with van der Waals surface area (Å²) >= 11 is 1.89. The summed E-state index contributed by atoms with van der Waals surface area (Å²) in [5.74, 6) is 1.70. The Hall–Kier alpha value is -0.260. The number of rotatable bonds is 4. The Bertz CT molecular complexity index is 328. The fourth-order valence-electron chi connectivity index (χ4n) is 3.11. The van der Waals surface area contributed by atoms with Gasteiger partial charge in [-0.25, -0.2) is 0 Å². The molecule has 2 rings (SSSR count). The van der Waals surface area contributed by atoms with Crippen LogP contribution in [0, 0.1) is 5.92 Å². The first-order valence-electron chi connectivity index (χ1n) is 7.66. The highest BCUT2D eigenvalue weighted by Gasteiger charge is 2.35. The van der Waals surface area contributed by atoms with Gasteiger partial charge in [-0.05, 0) is 32.9 Å². The molecule has 2 heterocycles. The van der Waals surface area contributed by atoms with Crippen molar-refractivity contribution < 1.29 is 9.53 Å². The van der Waals surface area contributed by atoms with Gasteiger partial charge in [-0.3, -0.25) is 9.69 Å². The first-order valence-corrected chi connectivity index (χ1v) is 9.05. The molecule has 116 valence electrons. The van der Waals surface area contributed by atoms with Crippen LogP contribution in [-0.2, 0) is 9.53 Å². The van der Waals surface area contributed by atoms with Gasteiger partial charge in [0.15, 0.2) is 0 Å². The molecule has 0 radical (unpaired) electrons. The smallest absolute Gasteiger partial charge is 0.225 e. The standard InChI is InChI=1S/C15H28N2O2S/c1-15(2)12-13(4-10-19-15)14(18)17-7-5-16(6-8-17)9-11-20-3/h13H,4-12H2,1-3H3. The van der Waals surface area contributed by atoms with E-state index in [-0.39, 0.29) is 11.5 Å². The molecular formula is C15H28N2O2S. The Kier molecular flexibility index (Phi) is 5.75. The van der Waals surface area contributed by atoms with Gasteiger partial charge in [0.1, 0.15) is 0 Å². The molecule has 2 aliphatic heterocycles. The van der Waals surface area contributed by atoms with Crippen LogP contribution in [-0.4, -0.2) is 72.6 Å². The minimum Gasteiger partial charge on any atom is -0.376 e. The molecule has 1 unspecified atom stereocenters. The largest absolute Gasteiger partial charge is 0.376 e. The maximum absolute atomic E-state index is 12.6. The van der Waals surface area contributed by atoms with Crippen molar-refractivity contribution in [2.45, 2.75) is 32.3 Å². The van der Waals surface area contributed by atoms with Crippen LogP contribution in [0.1, 0.15) is 26.7 Å². The van der Waals surface area contributed by atoms with E-state index in [9.17, 15) is 4.79 Å². The van der Waals surface area contributed by atoms with Gasteiger partial charge < -0.3 is 9.64 Å². The maximum Gasteiger partial charge on any atom is 0.225 e. The van der Waals surface area contributed by atoms with Crippen molar-refractivity contribution >= 4 is 17.7 Å². The van der Waals surface area contributed by atoms with Crippen molar-refractivity contribution in [3.05, 3.63) is 0 Å². The molecule has 2 aliphatic rings. The lowest BCUT2D eigenvalue weighted by molar-refractivity contribution is -0.147. The first kappa shape index (κ1) is 16.1. The number of nitrogens with zero attached hydrogens (tertiary/aromatic N) is 2. The molecular weight excluding hydrogens is 272 g/mol. The van der Waals surface area contributed by atoms with Crippen LogP contribution in [0.4, 0.5) is 0 Å². The molecule has 0 saturated carbocycles. The van der Waals surface area contributed by atoms with Crippen molar-refractivity contribution in [2.24, 2.45) is 5.92 Å². The number of amides is 1. The van der Waals surface area contributed by atoms with Gasteiger partial charge >= 0.3 is 0 Å². The third-order valence-electron chi connectivity index (χ3n) is 4.34. The van der Waals surface area contributed by atoms with Crippen molar-refractivity contribution in [1.82, 2.24) is 9.80 Å². The zero-order valence-electron chi connectivity index (χ0n) is 13.1. The Morgan fingerprint density at radius 1 is 1.30 bits per heavy atom. The zero-order valence-corrected chi connectivity index (χ0v) is 13.9. The number of hydrogen-bond donors (Lipinski definition) is 0. The van der Waals surface area contributed by atoms with Gasteiger partial charge in [0, 0.05) is 51.0 Å². The second-order valence-electron chi connectivity index (χ2n) is 6.46. The van der Waals surface area contributed by atoms with Crippen LogP contribution >= 0.6 is 11.8 Å². The lowest BCUT2D eigenvalue weighted by atomic mass is 9.87. The van der Waals surface area contributed by atoms with E-state index >= 15 is 0 Å². The summed E-state index contributed by atoms with van der Waals surface area (Å²) < 4.78 is 5.71. The molecule has 0 spiro atoms. The highest BCUT2D eigenvalue weighted by Crippen LogP contribution is 2.30. The highest BCUT2D eigenvalue weighted by atomic mass is 32.2. The summed E-state index contributed by atoms with van der Waals surface area (Å²) in [5, 5.41) is 0. The SMILES string of the molecule is CSCCN1CCN(C(=O)C2CCOC(C)(C)C2)CC1. The van der Waals surface area contributed by atoms with Gasteiger partial charge in [0.2, 0.25) is 5.91 Å². The van der Waals surface area contributed by atoms with E-state index in [0.29, 0.717) is 5.91 Å². The van der Waals surface area contributed by atoms with E-state index in [4.69, 9.17) is 4.74 Å². The van der Waals surface area contributed by atoms with Gasteiger partial charge in [0.25, 0.3) is 0 Å². The molecule has 0 bridgehead atoms. The number of carbonyl (C=O) groups is 1. The Morgan fingerprint density at radius 3 is 2.60 bits per heavy atom. The quantitative estimate of drug-likeness (QED) is 0.791. The Morgan fingerprint density at radius 2 is 2.00 bits per heavy atom. The normalized spacial score (nSPS) is 27.6. The van der Waals surface area contributed by atoms with Gasteiger partial charge in [-0.1, -0.05) is 0 Å². The molecule has 5 heteroatoms. The van der Waals surface area contributed by atoms with Crippen molar-refractivity contribution in [2.75, 3.05) is 51.3 Å². The predicted octanol–water partition coefficient (Wildman–Crippen LogP) is 1.70. The molecule has 2 fully saturated rings. The lowest BCUT2D eigenvalue weighted by Gasteiger charge is -2.40. The van der Waals surface area contributed by atoms with E-state index in [1.807, 2.05) is 11.8 Å². The molecule has 4 nitrogen and oxygen atoms in total. The van der Waals surface area contributed by atoms with Crippen LogP contribution in [0.5, 0.6) is 0 Å².